The van der Waals surface area contributed by atoms with Gasteiger partial charge in [-0.05, 0) is 30.5 Å². The molecule has 1 heterocycles. The number of halogens is 1. The summed E-state index contributed by atoms with van der Waals surface area (Å²) in [5.41, 5.74) is -0.00928. The maximum atomic E-state index is 13.3. The molecule has 0 bridgehead atoms. The molecule has 112 valence electrons. The fraction of sp³-hybridized carbons (Fsp3) is 0.500. The molecule has 1 saturated carbocycles. The predicted molar refractivity (Wildman–Crippen MR) is 75.8 cm³/mol. The summed E-state index contributed by atoms with van der Waals surface area (Å²) in [6.07, 6.45) is 4.43. The summed E-state index contributed by atoms with van der Waals surface area (Å²) in [6.45, 7) is 0.336. The number of amides is 2. The fourth-order valence-electron chi connectivity index (χ4n) is 3.39. The Labute approximate surface area is 123 Å². The first-order valence-electron chi connectivity index (χ1n) is 7.44. The molecule has 0 unspecified atom stereocenters. The van der Waals surface area contributed by atoms with Crippen LogP contribution in [0.2, 0.25) is 0 Å². The van der Waals surface area contributed by atoms with Gasteiger partial charge in [0, 0.05) is 6.54 Å². The SMILES string of the molecule is O=C1CN(Cc2cccc(F)c2)C(=O)C2(CCCCC2)N1. The summed E-state index contributed by atoms with van der Waals surface area (Å²) >= 11 is 0. The van der Waals surface area contributed by atoms with Gasteiger partial charge in [-0.25, -0.2) is 4.39 Å². The highest BCUT2D eigenvalue weighted by molar-refractivity contribution is 5.98. The van der Waals surface area contributed by atoms with Crippen molar-refractivity contribution in [2.24, 2.45) is 0 Å². The highest BCUT2D eigenvalue weighted by Gasteiger charge is 2.46. The second-order valence-corrected chi connectivity index (χ2v) is 5.98. The van der Waals surface area contributed by atoms with Gasteiger partial charge in [-0.15, -0.1) is 0 Å². The minimum atomic E-state index is -0.721. The molecule has 1 aromatic carbocycles. The van der Waals surface area contributed by atoms with E-state index >= 15 is 0 Å². The van der Waals surface area contributed by atoms with Crippen LogP contribution in [0.4, 0.5) is 4.39 Å². The molecule has 1 aliphatic heterocycles. The van der Waals surface area contributed by atoms with E-state index in [9.17, 15) is 14.0 Å². The Hall–Kier alpha value is -1.91. The molecule has 4 nitrogen and oxygen atoms in total. The third kappa shape index (κ3) is 2.77. The Morgan fingerprint density at radius 1 is 1.19 bits per heavy atom. The highest BCUT2D eigenvalue weighted by atomic mass is 19.1. The van der Waals surface area contributed by atoms with Crippen LogP contribution in [0.15, 0.2) is 24.3 Å². The van der Waals surface area contributed by atoms with Crippen molar-refractivity contribution in [1.82, 2.24) is 10.2 Å². The lowest BCUT2D eigenvalue weighted by Crippen LogP contribution is -2.66. The molecule has 0 atom stereocenters. The van der Waals surface area contributed by atoms with Gasteiger partial charge in [-0.1, -0.05) is 31.4 Å². The third-order valence-electron chi connectivity index (χ3n) is 4.38. The van der Waals surface area contributed by atoms with E-state index < -0.39 is 5.54 Å². The van der Waals surface area contributed by atoms with E-state index in [0.717, 1.165) is 19.3 Å². The Kier molecular flexibility index (Phi) is 3.66. The highest BCUT2D eigenvalue weighted by Crippen LogP contribution is 2.32. The lowest BCUT2D eigenvalue weighted by Gasteiger charge is -2.44. The number of benzene rings is 1. The number of nitrogens with one attached hydrogen (secondary N) is 1. The zero-order chi connectivity index (χ0) is 14.9. The average Bonchev–Trinajstić information content (AvgIpc) is 2.45. The molecule has 0 aromatic heterocycles. The molecule has 2 amide bonds. The molecule has 1 spiro atoms. The van der Waals surface area contributed by atoms with Gasteiger partial charge in [0.15, 0.2) is 0 Å². The Balaban J connectivity index is 1.81. The standard InChI is InChI=1S/C16H19FN2O2/c17-13-6-4-5-12(9-13)10-19-11-14(20)18-16(15(19)21)7-2-1-3-8-16/h4-6,9H,1-3,7-8,10-11H2,(H,18,20). The maximum absolute atomic E-state index is 13.3. The molecule has 1 aromatic rings. The number of hydrogen-bond acceptors (Lipinski definition) is 2. The van der Waals surface area contributed by atoms with Crippen molar-refractivity contribution in [3.8, 4) is 0 Å². The number of piperazine rings is 1. The van der Waals surface area contributed by atoms with E-state index in [-0.39, 0.29) is 30.7 Å². The summed E-state index contributed by atoms with van der Waals surface area (Å²) in [7, 11) is 0. The smallest absolute Gasteiger partial charge is 0.249 e. The van der Waals surface area contributed by atoms with Crippen LogP contribution in [-0.2, 0) is 16.1 Å². The molecule has 5 heteroatoms. The van der Waals surface area contributed by atoms with Gasteiger partial charge in [0.25, 0.3) is 0 Å². The summed E-state index contributed by atoms with van der Waals surface area (Å²) in [4.78, 5) is 26.3. The van der Waals surface area contributed by atoms with Crippen LogP contribution in [-0.4, -0.2) is 28.8 Å². The molecule has 1 aliphatic carbocycles. The second-order valence-electron chi connectivity index (χ2n) is 5.98. The van der Waals surface area contributed by atoms with Crippen molar-refractivity contribution in [3.63, 3.8) is 0 Å². The van der Waals surface area contributed by atoms with Gasteiger partial charge < -0.3 is 10.2 Å². The topological polar surface area (TPSA) is 49.4 Å². The lowest BCUT2D eigenvalue weighted by molar-refractivity contribution is -0.152. The third-order valence-corrected chi connectivity index (χ3v) is 4.38. The van der Waals surface area contributed by atoms with Crippen molar-refractivity contribution in [1.29, 1.82) is 0 Å². The van der Waals surface area contributed by atoms with Crippen molar-refractivity contribution >= 4 is 11.8 Å². The summed E-state index contributed by atoms with van der Waals surface area (Å²) in [6, 6.07) is 6.18. The minimum Gasteiger partial charge on any atom is -0.340 e. The van der Waals surface area contributed by atoms with E-state index in [2.05, 4.69) is 5.32 Å². The summed E-state index contributed by atoms with van der Waals surface area (Å²) < 4.78 is 13.3. The van der Waals surface area contributed by atoms with Crippen LogP contribution < -0.4 is 5.32 Å². The van der Waals surface area contributed by atoms with E-state index in [1.54, 1.807) is 17.0 Å². The minimum absolute atomic E-state index is 0.0222. The van der Waals surface area contributed by atoms with Gasteiger partial charge in [0.2, 0.25) is 11.8 Å². The van der Waals surface area contributed by atoms with Crippen molar-refractivity contribution < 1.29 is 14.0 Å². The van der Waals surface area contributed by atoms with E-state index in [1.165, 1.54) is 12.1 Å². The summed E-state index contributed by atoms with van der Waals surface area (Å²) in [5.74, 6) is -0.465. The largest absolute Gasteiger partial charge is 0.340 e. The Morgan fingerprint density at radius 2 is 1.95 bits per heavy atom. The summed E-state index contributed by atoms with van der Waals surface area (Å²) in [5, 5.41) is 2.90. The van der Waals surface area contributed by atoms with Gasteiger partial charge >= 0.3 is 0 Å². The van der Waals surface area contributed by atoms with Crippen LogP contribution in [0.3, 0.4) is 0 Å². The zero-order valence-electron chi connectivity index (χ0n) is 11.9. The van der Waals surface area contributed by atoms with Gasteiger partial charge in [0.05, 0.1) is 6.54 Å². The number of carbonyl (C=O) groups is 2. The maximum Gasteiger partial charge on any atom is 0.249 e. The first-order valence-corrected chi connectivity index (χ1v) is 7.44. The van der Waals surface area contributed by atoms with E-state index in [0.29, 0.717) is 18.4 Å². The van der Waals surface area contributed by atoms with Crippen LogP contribution >= 0.6 is 0 Å². The number of hydrogen-bond donors (Lipinski definition) is 1. The van der Waals surface area contributed by atoms with Crippen molar-refractivity contribution in [2.75, 3.05) is 6.54 Å². The molecular formula is C16H19FN2O2. The first-order chi connectivity index (χ1) is 10.1. The van der Waals surface area contributed by atoms with Gasteiger partial charge in [0.1, 0.15) is 11.4 Å². The Bertz CT molecular complexity index is 567. The average molecular weight is 290 g/mol. The van der Waals surface area contributed by atoms with Crippen LogP contribution in [0.25, 0.3) is 0 Å². The molecule has 21 heavy (non-hydrogen) atoms. The van der Waals surface area contributed by atoms with Crippen molar-refractivity contribution in [3.05, 3.63) is 35.6 Å². The van der Waals surface area contributed by atoms with E-state index in [1.807, 2.05) is 0 Å². The van der Waals surface area contributed by atoms with Crippen LogP contribution in [0, 0.1) is 5.82 Å². The quantitative estimate of drug-likeness (QED) is 0.905. The molecule has 1 N–H and O–H groups in total. The zero-order valence-corrected chi connectivity index (χ0v) is 11.9. The number of rotatable bonds is 2. The molecule has 0 radical (unpaired) electrons. The van der Waals surface area contributed by atoms with Crippen LogP contribution in [0.5, 0.6) is 0 Å². The van der Waals surface area contributed by atoms with Gasteiger partial charge in [-0.2, -0.15) is 0 Å². The predicted octanol–water partition coefficient (Wildman–Crippen LogP) is 1.99. The van der Waals surface area contributed by atoms with Crippen molar-refractivity contribution in [2.45, 2.75) is 44.2 Å². The number of carbonyl (C=O) groups excluding carboxylic acids is 2. The molecule has 3 rings (SSSR count). The first kappa shape index (κ1) is 14.0. The molecule has 2 fully saturated rings. The normalized spacial score (nSPS) is 21.5. The van der Waals surface area contributed by atoms with Gasteiger partial charge in [-0.3, -0.25) is 9.59 Å². The monoisotopic (exact) mass is 290 g/mol. The molecular weight excluding hydrogens is 271 g/mol. The fourth-order valence-corrected chi connectivity index (χ4v) is 3.39. The second kappa shape index (κ2) is 5.47. The number of nitrogens with zero attached hydrogens (tertiary/aromatic N) is 1. The lowest BCUT2D eigenvalue weighted by atomic mass is 9.79. The van der Waals surface area contributed by atoms with E-state index in [4.69, 9.17) is 0 Å². The molecule has 2 aliphatic rings. The van der Waals surface area contributed by atoms with Crippen LogP contribution in [0.1, 0.15) is 37.7 Å². The molecule has 1 saturated heterocycles. The Morgan fingerprint density at radius 3 is 2.67 bits per heavy atom.